The van der Waals surface area contributed by atoms with Gasteiger partial charge < -0.3 is 23.7 Å². The van der Waals surface area contributed by atoms with Gasteiger partial charge in [0.15, 0.2) is 0 Å². The quantitative estimate of drug-likeness (QED) is 0.124. The Bertz CT molecular complexity index is 1160. The number of benzene rings is 2. The number of nitrogens with one attached hydrogen (secondary N) is 1. The lowest BCUT2D eigenvalue weighted by atomic mass is 9.86. The number of allylic oxidation sites excluding steroid dienone is 1. The second-order valence-corrected chi connectivity index (χ2v) is 12.8. The van der Waals surface area contributed by atoms with Crippen LogP contribution in [-0.2, 0) is 37.0 Å². The largest absolute Gasteiger partial charge is 0.497 e. The van der Waals surface area contributed by atoms with Gasteiger partial charge in [0.05, 0.1) is 25.9 Å². The van der Waals surface area contributed by atoms with Crippen LogP contribution in [0.4, 0.5) is 4.79 Å². The van der Waals surface area contributed by atoms with E-state index in [9.17, 15) is 9.59 Å². The summed E-state index contributed by atoms with van der Waals surface area (Å²) in [5.41, 5.74) is 1.27. The average molecular weight is 626 g/mol. The molecule has 0 spiro atoms. The summed E-state index contributed by atoms with van der Waals surface area (Å²) < 4.78 is 29.1. The standard InChI is InChI=1S/C37H55NO7/c1-9-24-42-34(32(23-18-27(2)3)28(4)43-25-30-19-21-31(41-8)22-20-30)17-13-16-33(38-36(40)45-37(5,6)7)35(39)44-26-29-14-11-10-12-15-29/h10-12,14-16,19-22,27-28,32,34H,9,13,17-18,23-26H2,1-8H3,(H,38,40)/t28-,32-,34-/m0/s1. The van der Waals surface area contributed by atoms with Gasteiger partial charge in [-0.25, -0.2) is 9.59 Å². The van der Waals surface area contributed by atoms with Gasteiger partial charge in [-0.1, -0.05) is 75.7 Å². The van der Waals surface area contributed by atoms with E-state index < -0.39 is 17.7 Å². The highest BCUT2D eigenvalue weighted by molar-refractivity contribution is 5.92. The van der Waals surface area contributed by atoms with E-state index in [1.807, 2.05) is 54.6 Å². The highest BCUT2D eigenvalue weighted by Gasteiger charge is 2.29. The topological polar surface area (TPSA) is 92.3 Å². The third kappa shape index (κ3) is 15.5. The zero-order valence-corrected chi connectivity index (χ0v) is 28.6. The van der Waals surface area contributed by atoms with Crippen LogP contribution in [0.2, 0.25) is 0 Å². The molecule has 0 heterocycles. The summed E-state index contributed by atoms with van der Waals surface area (Å²) in [6, 6.07) is 17.3. The van der Waals surface area contributed by atoms with E-state index in [0.29, 0.717) is 32.0 Å². The molecule has 0 aromatic heterocycles. The Morgan fingerprint density at radius 2 is 1.53 bits per heavy atom. The number of ether oxygens (including phenoxy) is 5. The number of hydrogen-bond donors (Lipinski definition) is 1. The molecule has 3 atom stereocenters. The van der Waals surface area contributed by atoms with Gasteiger partial charge in [-0.3, -0.25) is 5.32 Å². The lowest BCUT2D eigenvalue weighted by Gasteiger charge is -2.32. The number of rotatable bonds is 19. The average Bonchev–Trinajstić information content (AvgIpc) is 3.00. The van der Waals surface area contributed by atoms with Gasteiger partial charge in [-0.05, 0) is 82.6 Å². The van der Waals surface area contributed by atoms with Crippen molar-refractivity contribution in [1.29, 1.82) is 0 Å². The maximum Gasteiger partial charge on any atom is 0.412 e. The first-order valence-electron chi connectivity index (χ1n) is 16.2. The van der Waals surface area contributed by atoms with Crippen molar-refractivity contribution < 1.29 is 33.3 Å². The molecule has 0 aliphatic carbocycles. The number of carbonyl (C=O) groups is 2. The Hall–Kier alpha value is -3.36. The number of esters is 1. The lowest BCUT2D eigenvalue weighted by Crippen LogP contribution is -2.35. The highest BCUT2D eigenvalue weighted by Crippen LogP contribution is 2.28. The summed E-state index contributed by atoms with van der Waals surface area (Å²) in [7, 11) is 1.66. The summed E-state index contributed by atoms with van der Waals surface area (Å²) in [5.74, 6) is 0.866. The van der Waals surface area contributed by atoms with Crippen molar-refractivity contribution in [3.8, 4) is 5.75 Å². The molecule has 250 valence electrons. The van der Waals surface area contributed by atoms with Crippen molar-refractivity contribution in [2.45, 2.75) is 112 Å². The molecule has 2 rings (SSSR count). The van der Waals surface area contributed by atoms with Gasteiger partial charge >= 0.3 is 12.1 Å². The van der Waals surface area contributed by atoms with E-state index in [2.05, 4.69) is 33.0 Å². The van der Waals surface area contributed by atoms with Crippen LogP contribution in [0, 0.1) is 11.8 Å². The van der Waals surface area contributed by atoms with Gasteiger partial charge in [-0.15, -0.1) is 0 Å². The van der Waals surface area contributed by atoms with Crippen LogP contribution < -0.4 is 10.1 Å². The molecule has 0 saturated carbocycles. The number of alkyl carbamates (subject to hydrolysis) is 1. The van der Waals surface area contributed by atoms with Gasteiger partial charge in [0, 0.05) is 12.5 Å². The minimum Gasteiger partial charge on any atom is -0.497 e. The van der Waals surface area contributed by atoms with Crippen LogP contribution in [0.25, 0.3) is 0 Å². The molecular formula is C37H55NO7. The monoisotopic (exact) mass is 625 g/mol. The van der Waals surface area contributed by atoms with Gasteiger partial charge in [-0.2, -0.15) is 0 Å². The minimum absolute atomic E-state index is 0.0527. The molecule has 2 aromatic rings. The van der Waals surface area contributed by atoms with Crippen LogP contribution in [0.5, 0.6) is 5.75 Å². The molecule has 0 fully saturated rings. The van der Waals surface area contributed by atoms with Crippen LogP contribution in [-0.4, -0.2) is 43.6 Å². The van der Waals surface area contributed by atoms with Crippen LogP contribution in [0.1, 0.15) is 91.7 Å². The second kappa shape index (κ2) is 19.9. The van der Waals surface area contributed by atoms with Gasteiger partial charge in [0.2, 0.25) is 0 Å². The second-order valence-electron chi connectivity index (χ2n) is 12.8. The van der Waals surface area contributed by atoms with E-state index in [4.69, 9.17) is 23.7 Å². The molecule has 0 bridgehead atoms. The summed E-state index contributed by atoms with van der Waals surface area (Å²) in [5, 5.41) is 2.62. The number of carbonyl (C=O) groups excluding carboxylic acids is 2. The molecule has 0 aliphatic rings. The lowest BCUT2D eigenvalue weighted by molar-refractivity contribution is -0.140. The van der Waals surface area contributed by atoms with Crippen LogP contribution in [0.3, 0.4) is 0 Å². The van der Waals surface area contributed by atoms with Crippen molar-refractivity contribution in [1.82, 2.24) is 5.32 Å². The number of methoxy groups -OCH3 is 1. The summed E-state index contributed by atoms with van der Waals surface area (Å²) in [6.45, 7) is 15.2. The first kappa shape index (κ1) is 37.8. The molecule has 2 aromatic carbocycles. The predicted molar refractivity (Wildman–Crippen MR) is 178 cm³/mol. The summed E-state index contributed by atoms with van der Waals surface area (Å²) in [6.07, 6.45) is 4.85. The Kier molecular flexibility index (Phi) is 16.7. The molecular weight excluding hydrogens is 570 g/mol. The normalized spacial score (nSPS) is 14.0. The number of hydrogen-bond acceptors (Lipinski definition) is 7. The Morgan fingerprint density at radius 3 is 2.13 bits per heavy atom. The van der Waals surface area contributed by atoms with Crippen LogP contribution in [0.15, 0.2) is 66.4 Å². The molecule has 8 heteroatoms. The number of amides is 1. The third-order valence-electron chi connectivity index (χ3n) is 7.23. The molecule has 45 heavy (non-hydrogen) atoms. The highest BCUT2D eigenvalue weighted by atomic mass is 16.6. The zero-order valence-electron chi connectivity index (χ0n) is 28.6. The molecule has 0 radical (unpaired) electrons. The molecule has 0 unspecified atom stereocenters. The molecule has 0 saturated heterocycles. The summed E-state index contributed by atoms with van der Waals surface area (Å²) >= 11 is 0. The van der Waals surface area contributed by atoms with E-state index in [1.165, 1.54) is 0 Å². The smallest absolute Gasteiger partial charge is 0.412 e. The van der Waals surface area contributed by atoms with Crippen molar-refractivity contribution in [2.24, 2.45) is 11.8 Å². The summed E-state index contributed by atoms with van der Waals surface area (Å²) in [4.78, 5) is 25.8. The Balaban J connectivity index is 2.20. The first-order valence-corrected chi connectivity index (χ1v) is 16.2. The van der Waals surface area contributed by atoms with Gasteiger partial charge in [0.25, 0.3) is 0 Å². The first-order chi connectivity index (χ1) is 21.4. The maximum absolute atomic E-state index is 13.1. The third-order valence-corrected chi connectivity index (χ3v) is 7.23. The molecule has 0 aliphatic heterocycles. The fourth-order valence-electron chi connectivity index (χ4n) is 4.80. The Labute approximate surface area is 270 Å². The molecule has 1 amide bonds. The fraction of sp³-hybridized carbons (Fsp3) is 0.568. The van der Waals surface area contributed by atoms with Crippen molar-refractivity contribution in [2.75, 3.05) is 13.7 Å². The van der Waals surface area contributed by atoms with Crippen molar-refractivity contribution >= 4 is 12.1 Å². The van der Waals surface area contributed by atoms with E-state index in [1.54, 1.807) is 34.0 Å². The van der Waals surface area contributed by atoms with Gasteiger partial charge in [0.1, 0.15) is 23.7 Å². The van der Waals surface area contributed by atoms with E-state index in [-0.39, 0.29) is 30.4 Å². The minimum atomic E-state index is -0.714. The fourth-order valence-corrected chi connectivity index (χ4v) is 4.80. The maximum atomic E-state index is 13.1. The predicted octanol–water partition coefficient (Wildman–Crippen LogP) is 8.38. The molecule has 8 nitrogen and oxygen atoms in total. The van der Waals surface area contributed by atoms with E-state index >= 15 is 0 Å². The van der Waals surface area contributed by atoms with Crippen LogP contribution >= 0.6 is 0 Å². The van der Waals surface area contributed by atoms with E-state index in [0.717, 1.165) is 36.1 Å². The van der Waals surface area contributed by atoms with Crippen molar-refractivity contribution in [3.05, 3.63) is 77.5 Å². The van der Waals surface area contributed by atoms with Crippen molar-refractivity contribution in [3.63, 3.8) is 0 Å². The zero-order chi connectivity index (χ0) is 33.2. The molecule has 1 N–H and O–H groups in total. The Morgan fingerprint density at radius 1 is 0.867 bits per heavy atom. The SMILES string of the molecule is CCCO[C@@H](CCC=C(NC(=O)OC(C)(C)C)C(=O)OCc1ccccc1)[C@@H](CCC(C)C)[C@H](C)OCc1ccc(OC)cc1.